The van der Waals surface area contributed by atoms with Gasteiger partial charge in [-0.2, -0.15) is 0 Å². The molecule has 34 heavy (non-hydrogen) atoms. The highest BCUT2D eigenvalue weighted by Gasteiger charge is 2.35. The minimum Gasteiger partial charge on any atom is -0.377 e. The molecule has 9 heteroatoms. The molecule has 2 aromatic heterocycles. The Morgan fingerprint density at radius 1 is 1.26 bits per heavy atom. The second kappa shape index (κ2) is 8.11. The van der Waals surface area contributed by atoms with Crippen molar-refractivity contribution in [3.63, 3.8) is 0 Å². The van der Waals surface area contributed by atoms with E-state index in [0.717, 1.165) is 34.5 Å². The maximum absolute atomic E-state index is 14.7. The summed E-state index contributed by atoms with van der Waals surface area (Å²) in [6.07, 6.45) is 3.71. The number of halogens is 1. The number of amides is 1. The lowest BCUT2D eigenvalue weighted by Crippen LogP contribution is -2.55. The molecule has 1 unspecified atom stereocenters. The number of anilines is 2. The van der Waals surface area contributed by atoms with Crippen LogP contribution in [0.3, 0.4) is 0 Å². The van der Waals surface area contributed by atoms with Crippen molar-refractivity contribution in [3.8, 4) is 11.4 Å². The highest BCUT2D eigenvalue weighted by molar-refractivity contribution is 5.94. The zero-order valence-electron chi connectivity index (χ0n) is 18.4. The van der Waals surface area contributed by atoms with Crippen molar-refractivity contribution < 1.29 is 13.9 Å². The smallest absolute Gasteiger partial charge is 0.248 e. The van der Waals surface area contributed by atoms with Crippen LogP contribution in [-0.4, -0.2) is 53.2 Å². The quantitative estimate of drug-likeness (QED) is 0.488. The molecular formula is C25H23FN6O2. The lowest BCUT2D eigenvalue weighted by atomic mass is 10.1. The molecule has 4 aromatic rings. The number of primary amides is 1. The van der Waals surface area contributed by atoms with Crippen LogP contribution in [0, 0.1) is 5.82 Å². The fourth-order valence-electron chi connectivity index (χ4n) is 4.85. The van der Waals surface area contributed by atoms with Crippen LogP contribution in [0.25, 0.3) is 22.3 Å². The van der Waals surface area contributed by atoms with Crippen molar-refractivity contribution in [1.29, 1.82) is 0 Å². The average molecular weight is 458 g/mol. The van der Waals surface area contributed by atoms with E-state index in [1.54, 1.807) is 0 Å². The summed E-state index contributed by atoms with van der Waals surface area (Å²) in [7, 11) is 0. The summed E-state index contributed by atoms with van der Waals surface area (Å²) in [5.74, 6) is 0.478. The second-order valence-corrected chi connectivity index (χ2v) is 8.62. The van der Waals surface area contributed by atoms with Gasteiger partial charge in [-0.1, -0.05) is 12.1 Å². The van der Waals surface area contributed by atoms with Crippen LogP contribution in [0.4, 0.5) is 15.9 Å². The van der Waals surface area contributed by atoms with Gasteiger partial charge >= 0.3 is 0 Å². The molecule has 6 rings (SSSR count). The molecule has 2 aliphatic rings. The minimum absolute atomic E-state index is 0.0782. The molecule has 8 nitrogen and oxygen atoms in total. The summed E-state index contributed by atoms with van der Waals surface area (Å²) in [5, 5.41) is 1.05. The number of nitrogens with zero attached hydrogens (tertiary/aromatic N) is 4. The minimum atomic E-state index is -0.584. The molecule has 0 bridgehead atoms. The molecule has 0 saturated carbocycles. The van der Waals surface area contributed by atoms with E-state index in [1.807, 2.05) is 36.7 Å². The van der Waals surface area contributed by atoms with Crippen LogP contribution < -0.4 is 15.5 Å². The van der Waals surface area contributed by atoms with E-state index < -0.39 is 5.91 Å². The van der Waals surface area contributed by atoms with Gasteiger partial charge in [-0.05, 0) is 30.3 Å². The van der Waals surface area contributed by atoms with Gasteiger partial charge in [-0.15, -0.1) is 0 Å². The number of morpholine rings is 1. The standard InChI is InChI=1S/C25H23FN6O2/c26-20-5-4-15(23(27)33)10-16(20)12-31-13-17-14-34-9-8-32(17)25-22(31)11-29-24(30-25)19-2-1-3-21-18(19)6-7-28-21/h1-7,10-11,17,28H,8-9,12-14H2,(H2,27,33). The number of hydrogen-bond donors (Lipinski definition) is 2. The van der Waals surface area contributed by atoms with Crippen molar-refractivity contribution >= 4 is 28.3 Å². The van der Waals surface area contributed by atoms with Gasteiger partial charge in [0.2, 0.25) is 5.91 Å². The normalized spacial score (nSPS) is 17.5. The van der Waals surface area contributed by atoms with Crippen molar-refractivity contribution in [2.24, 2.45) is 5.73 Å². The molecule has 3 N–H and O–H groups in total. The molecule has 2 aliphatic heterocycles. The first kappa shape index (κ1) is 20.6. The Hall–Kier alpha value is -3.98. The summed E-state index contributed by atoms with van der Waals surface area (Å²) in [5.41, 5.74) is 8.89. The van der Waals surface area contributed by atoms with Crippen LogP contribution in [-0.2, 0) is 11.3 Å². The summed E-state index contributed by atoms with van der Waals surface area (Å²) >= 11 is 0. The van der Waals surface area contributed by atoms with Gasteiger partial charge in [0.05, 0.1) is 31.1 Å². The zero-order chi connectivity index (χ0) is 23.2. The highest BCUT2D eigenvalue weighted by atomic mass is 19.1. The van der Waals surface area contributed by atoms with E-state index in [2.05, 4.69) is 14.8 Å². The number of nitrogens with two attached hydrogens (primary N) is 1. The number of rotatable bonds is 4. The summed E-state index contributed by atoms with van der Waals surface area (Å²) in [4.78, 5) is 28.9. The topological polar surface area (TPSA) is 100 Å². The van der Waals surface area contributed by atoms with Crippen molar-refractivity contribution in [2.75, 3.05) is 36.1 Å². The first-order valence-corrected chi connectivity index (χ1v) is 11.2. The monoisotopic (exact) mass is 458 g/mol. The molecule has 2 aromatic carbocycles. The van der Waals surface area contributed by atoms with Crippen molar-refractivity contribution in [1.82, 2.24) is 15.0 Å². The van der Waals surface area contributed by atoms with Gasteiger partial charge < -0.3 is 25.3 Å². The number of fused-ring (bicyclic) bond motifs is 4. The third-order valence-corrected chi connectivity index (χ3v) is 6.55. The van der Waals surface area contributed by atoms with Crippen molar-refractivity contribution in [3.05, 3.63) is 71.8 Å². The SMILES string of the molecule is NC(=O)c1ccc(F)c(CN2CC3COCCN3c3nc(-c4cccc5[nH]ccc45)ncc32)c1. The number of nitrogens with one attached hydrogen (secondary N) is 1. The van der Waals surface area contributed by atoms with E-state index >= 15 is 0 Å². The van der Waals surface area contributed by atoms with Crippen LogP contribution in [0.5, 0.6) is 0 Å². The van der Waals surface area contributed by atoms with E-state index in [1.165, 1.54) is 18.2 Å². The Morgan fingerprint density at radius 2 is 2.18 bits per heavy atom. The summed E-state index contributed by atoms with van der Waals surface area (Å²) in [6.45, 7) is 2.80. The molecule has 0 spiro atoms. The molecular weight excluding hydrogens is 435 g/mol. The lowest BCUT2D eigenvalue weighted by molar-refractivity contribution is 0.0936. The molecule has 0 aliphatic carbocycles. The maximum Gasteiger partial charge on any atom is 0.248 e. The van der Waals surface area contributed by atoms with Gasteiger partial charge in [0, 0.05) is 53.4 Å². The third kappa shape index (κ3) is 3.45. The number of benzene rings is 2. The molecule has 0 radical (unpaired) electrons. The first-order chi connectivity index (χ1) is 16.6. The predicted octanol–water partition coefficient (Wildman–Crippen LogP) is 3.09. The fourth-order valence-corrected chi connectivity index (χ4v) is 4.85. The predicted molar refractivity (Wildman–Crippen MR) is 127 cm³/mol. The molecule has 1 fully saturated rings. The number of H-pyrrole nitrogens is 1. The lowest BCUT2D eigenvalue weighted by Gasteiger charge is -2.45. The largest absolute Gasteiger partial charge is 0.377 e. The second-order valence-electron chi connectivity index (χ2n) is 8.62. The molecule has 4 heterocycles. The molecule has 172 valence electrons. The first-order valence-electron chi connectivity index (χ1n) is 11.2. The molecule has 1 atom stereocenters. The third-order valence-electron chi connectivity index (χ3n) is 6.55. The number of ether oxygens (including phenoxy) is 1. The molecule has 1 saturated heterocycles. The number of hydrogen-bond acceptors (Lipinski definition) is 6. The van der Waals surface area contributed by atoms with Crippen LogP contribution in [0.2, 0.25) is 0 Å². The highest BCUT2D eigenvalue weighted by Crippen LogP contribution is 2.37. The maximum atomic E-state index is 14.7. The van der Waals surface area contributed by atoms with E-state index in [0.29, 0.717) is 31.1 Å². The number of carbonyl (C=O) groups excluding carboxylic acids is 1. The Morgan fingerprint density at radius 3 is 3.06 bits per heavy atom. The van der Waals surface area contributed by atoms with E-state index in [4.69, 9.17) is 20.4 Å². The summed E-state index contributed by atoms with van der Waals surface area (Å²) < 4.78 is 20.4. The Labute approximate surface area is 195 Å². The zero-order valence-corrected chi connectivity index (χ0v) is 18.4. The van der Waals surface area contributed by atoms with Gasteiger partial charge in [0.1, 0.15) is 5.82 Å². The Bertz CT molecular complexity index is 1400. The van der Waals surface area contributed by atoms with Crippen LogP contribution in [0.1, 0.15) is 15.9 Å². The van der Waals surface area contributed by atoms with Crippen molar-refractivity contribution in [2.45, 2.75) is 12.6 Å². The summed E-state index contributed by atoms with van der Waals surface area (Å²) in [6, 6.07) is 12.3. The average Bonchev–Trinajstić information content (AvgIpc) is 3.34. The van der Waals surface area contributed by atoms with Gasteiger partial charge in [-0.25, -0.2) is 14.4 Å². The van der Waals surface area contributed by atoms with Gasteiger partial charge in [0.25, 0.3) is 0 Å². The fraction of sp³-hybridized carbons (Fsp3) is 0.240. The van der Waals surface area contributed by atoms with Gasteiger partial charge in [0.15, 0.2) is 11.6 Å². The van der Waals surface area contributed by atoms with Gasteiger partial charge in [-0.3, -0.25) is 4.79 Å². The number of aromatic amines is 1. The van der Waals surface area contributed by atoms with Crippen LogP contribution in [0.15, 0.2) is 54.9 Å². The number of aromatic nitrogens is 3. The Kier molecular flexibility index (Phi) is 4.91. The van der Waals surface area contributed by atoms with E-state index in [-0.39, 0.29) is 24.0 Å². The van der Waals surface area contributed by atoms with E-state index in [9.17, 15) is 9.18 Å². The van der Waals surface area contributed by atoms with Crippen LogP contribution >= 0.6 is 0 Å². The molecule has 1 amide bonds. The Balaban J connectivity index is 1.43. The number of carbonyl (C=O) groups is 1.